The number of carbonyl (C=O) groups is 2. The zero-order valence-electron chi connectivity index (χ0n) is 17.9. The zero-order chi connectivity index (χ0) is 22.5. The van der Waals surface area contributed by atoms with Gasteiger partial charge in [-0.1, -0.05) is 18.2 Å². The van der Waals surface area contributed by atoms with Gasteiger partial charge in [-0.25, -0.2) is 14.6 Å². The molecule has 1 heterocycles. The second-order valence-electron chi connectivity index (χ2n) is 7.20. The van der Waals surface area contributed by atoms with Crippen molar-refractivity contribution in [3.05, 3.63) is 88.0 Å². The van der Waals surface area contributed by atoms with Gasteiger partial charge in [0.05, 0.1) is 25.3 Å². The molecule has 0 aliphatic carbocycles. The molecular formula is C24H24FN3O3. The van der Waals surface area contributed by atoms with Crippen molar-refractivity contribution < 1.29 is 18.7 Å². The second-order valence-corrected chi connectivity index (χ2v) is 7.20. The molecule has 6 nitrogen and oxygen atoms in total. The number of esters is 1. The molecule has 1 N–H and O–H groups in total. The second kappa shape index (κ2) is 9.38. The molecule has 0 unspecified atom stereocenters. The number of ether oxygens (including phenoxy) is 1. The van der Waals surface area contributed by atoms with Gasteiger partial charge in [-0.05, 0) is 62.2 Å². The molecular weight excluding hydrogens is 397 g/mol. The highest BCUT2D eigenvalue weighted by Crippen LogP contribution is 2.25. The van der Waals surface area contributed by atoms with Crippen LogP contribution >= 0.6 is 0 Å². The lowest BCUT2D eigenvalue weighted by Crippen LogP contribution is -2.19. The smallest absolute Gasteiger partial charge is 0.338 e. The highest BCUT2D eigenvalue weighted by molar-refractivity contribution is 5.92. The Balaban J connectivity index is 1.78. The molecule has 0 radical (unpaired) electrons. The summed E-state index contributed by atoms with van der Waals surface area (Å²) in [6, 6.07) is 13.2. The monoisotopic (exact) mass is 421 g/mol. The van der Waals surface area contributed by atoms with Crippen molar-refractivity contribution in [3.8, 4) is 5.69 Å². The van der Waals surface area contributed by atoms with Crippen LogP contribution in [0.2, 0.25) is 0 Å². The van der Waals surface area contributed by atoms with Gasteiger partial charge in [0.1, 0.15) is 5.82 Å². The largest absolute Gasteiger partial charge is 0.465 e. The molecule has 1 aromatic heterocycles. The first-order chi connectivity index (χ1) is 14.8. The summed E-state index contributed by atoms with van der Waals surface area (Å²) in [5.41, 5.74) is 8.11. The summed E-state index contributed by atoms with van der Waals surface area (Å²) in [5.74, 6) is -1.02. The first-order valence-corrected chi connectivity index (χ1v) is 9.75. The van der Waals surface area contributed by atoms with Crippen LogP contribution in [-0.4, -0.2) is 29.8 Å². The van der Waals surface area contributed by atoms with Crippen LogP contribution in [0.3, 0.4) is 0 Å². The fraction of sp³-hybridized carbons (Fsp3) is 0.208. The molecule has 0 aliphatic heterocycles. The van der Waals surface area contributed by atoms with Gasteiger partial charge in [-0.2, -0.15) is 5.10 Å². The summed E-state index contributed by atoms with van der Waals surface area (Å²) < 4.78 is 19.9. The maximum Gasteiger partial charge on any atom is 0.338 e. The van der Waals surface area contributed by atoms with Gasteiger partial charge in [-0.15, -0.1) is 0 Å². The van der Waals surface area contributed by atoms with E-state index in [2.05, 4.69) is 10.5 Å². The lowest BCUT2D eigenvalue weighted by molar-refractivity contribution is -0.120. The maximum absolute atomic E-state index is 13.0. The number of aryl methyl sites for hydroxylation is 1. The van der Waals surface area contributed by atoms with Crippen LogP contribution in [0.4, 0.5) is 4.39 Å². The van der Waals surface area contributed by atoms with Gasteiger partial charge in [0.2, 0.25) is 5.91 Å². The number of nitrogens with one attached hydrogen (secondary N) is 1. The summed E-state index contributed by atoms with van der Waals surface area (Å²) >= 11 is 0. The van der Waals surface area contributed by atoms with Crippen molar-refractivity contribution in [2.24, 2.45) is 5.10 Å². The van der Waals surface area contributed by atoms with Crippen LogP contribution in [0.1, 0.15) is 38.4 Å². The first kappa shape index (κ1) is 22.0. The fourth-order valence-corrected chi connectivity index (χ4v) is 3.49. The molecule has 31 heavy (non-hydrogen) atoms. The van der Waals surface area contributed by atoms with E-state index in [1.54, 1.807) is 24.4 Å². The molecule has 0 aliphatic rings. The number of carbonyl (C=O) groups excluding carboxylic acids is 2. The third-order valence-electron chi connectivity index (χ3n) is 5.09. The average Bonchev–Trinajstić information content (AvgIpc) is 3.02. The summed E-state index contributed by atoms with van der Waals surface area (Å²) in [6.45, 7) is 5.78. The van der Waals surface area contributed by atoms with Crippen LogP contribution in [0.25, 0.3) is 5.69 Å². The Morgan fingerprint density at radius 3 is 2.52 bits per heavy atom. The van der Waals surface area contributed by atoms with Gasteiger partial charge in [0, 0.05) is 22.6 Å². The van der Waals surface area contributed by atoms with E-state index in [1.165, 1.54) is 19.2 Å². The zero-order valence-corrected chi connectivity index (χ0v) is 17.9. The van der Waals surface area contributed by atoms with E-state index in [9.17, 15) is 14.0 Å². The maximum atomic E-state index is 13.0. The Morgan fingerprint density at radius 2 is 1.84 bits per heavy atom. The van der Waals surface area contributed by atoms with E-state index >= 15 is 0 Å². The summed E-state index contributed by atoms with van der Waals surface area (Å²) in [6.07, 6.45) is 1.69. The van der Waals surface area contributed by atoms with Gasteiger partial charge in [0.25, 0.3) is 0 Å². The van der Waals surface area contributed by atoms with E-state index in [1.807, 2.05) is 43.5 Å². The molecule has 3 rings (SSSR count). The van der Waals surface area contributed by atoms with Gasteiger partial charge < -0.3 is 9.30 Å². The van der Waals surface area contributed by atoms with Crippen molar-refractivity contribution in [2.45, 2.75) is 27.2 Å². The highest BCUT2D eigenvalue weighted by Gasteiger charge is 2.16. The molecule has 0 fully saturated rings. The van der Waals surface area contributed by atoms with E-state index in [-0.39, 0.29) is 24.1 Å². The minimum atomic E-state index is -0.382. The molecule has 7 heteroatoms. The van der Waals surface area contributed by atoms with Crippen molar-refractivity contribution in [3.63, 3.8) is 0 Å². The molecule has 160 valence electrons. The van der Waals surface area contributed by atoms with Crippen molar-refractivity contribution in [2.75, 3.05) is 7.11 Å². The van der Waals surface area contributed by atoms with E-state index in [4.69, 9.17) is 4.74 Å². The quantitative estimate of drug-likeness (QED) is 0.371. The van der Waals surface area contributed by atoms with E-state index in [0.717, 1.165) is 28.2 Å². The lowest BCUT2D eigenvalue weighted by atomic mass is 10.1. The van der Waals surface area contributed by atoms with Gasteiger partial charge >= 0.3 is 5.97 Å². The molecule has 2 aromatic carbocycles. The molecule has 3 aromatic rings. The number of nitrogens with zero attached hydrogens (tertiary/aromatic N) is 2. The topological polar surface area (TPSA) is 72.7 Å². The van der Waals surface area contributed by atoms with Crippen LogP contribution in [0.15, 0.2) is 53.6 Å². The first-order valence-electron chi connectivity index (χ1n) is 9.75. The predicted molar refractivity (Wildman–Crippen MR) is 117 cm³/mol. The van der Waals surface area contributed by atoms with E-state index in [0.29, 0.717) is 11.1 Å². The number of amides is 1. The molecule has 0 saturated carbocycles. The minimum Gasteiger partial charge on any atom is -0.465 e. The summed E-state index contributed by atoms with van der Waals surface area (Å²) in [5, 5.41) is 4.06. The van der Waals surface area contributed by atoms with Crippen LogP contribution < -0.4 is 5.43 Å². The van der Waals surface area contributed by atoms with Crippen molar-refractivity contribution >= 4 is 18.1 Å². The third-order valence-corrected chi connectivity index (χ3v) is 5.09. The number of benzene rings is 2. The molecule has 0 spiro atoms. The third kappa shape index (κ3) is 4.88. The van der Waals surface area contributed by atoms with Crippen LogP contribution in [0, 0.1) is 26.6 Å². The van der Waals surface area contributed by atoms with Crippen molar-refractivity contribution in [1.29, 1.82) is 0 Å². The number of aromatic nitrogens is 1. The SMILES string of the molecule is COC(=O)c1cccc(-n2c(C)cc(/C=N/NC(=O)Cc3ccc(F)cc3)c2C)c1C. The van der Waals surface area contributed by atoms with Crippen molar-refractivity contribution in [1.82, 2.24) is 9.99 Å². The number of methoxy groups -OCH3 is 1. The van der Waals surface area contributed by atoms with Gasteiger partial charge in [0.15, 0.2) is 0 Å². The standard InChI is InChI=1S/C24H24FN3O3/c1-15-12-19(14-26-27-23(29)13-18-8-10-20(25)11-9-18)17(3)28(15)22-7-5-6-21(16(22)2)24(30)31-4/h5-12,14H,13H2,1-4H3,(H,27,29)/b26-14+. The van der Waals surface area contributed by atoms with Crippen LogP contribution in [-0.2, 0) is 16.0 Å². The molecule has 1 amide bonds. The average molecular weight is 421 g/mol. The highest BCUT2D eigenvalue weighted by atomic mass is 19.1. The van der Waals surface area contributed by atoms with Gasteiger partial charge in [-0.3, -0.25) is 4.79 Å². The normalized spacial score (nSPS) is 11.0. The number of hydrogen-bond acceptors (Lipinski definition) is 4. The molecule has 0 saturated heterocycles. The molecule has 0 bridgehead atoms. The Kier molecular flexibility index (Phi) is 6.65. The summed E-state index contributed by atoms with van der Waals surface area (Å²) in [4.78, 5) is 24.1. The number of halogens is 1. The van der Waals surface area contributed by atoms with Crippen LogP contribution in [0.5, 0.6) is 0 Å². The fourth-order valence-electron chi connectivity index (χ4n) is 3.49. The Morgan fingerprint density at radius 1 is 1.13 bits per heavy atom. The number of hydrogen-bond donors (Lipinski definition) is 1. The predicted octanol–water partition coefficient (Wildman–Crippen LogP) is 4.02. The Bertz CT molecular complexity index is 1150. The molecule has 0 atom stereocenters. The number of rotatable bonds is 6. The van der Waals surface area contributed by atoms with E-state index < -0.39 is 0 Å². The number of hydrazone groups is 1. The Labute approximate surface area is 180 Å². The lowest BCUT2D eigenvalue weighted by Gasteiger charge is -2.15. The Hall–Kier alpha value is -3.74. The minimum absolute atomic E-state index is 0.107. The summed E-state index contributed by atoms with van der Waals surface area (Å²) in [7, 11) is 1.36.